The minimum Gasteiger partial charge on any atom is -0.436 e. The van der Waals surface area contributed by atoms with Crippen LogP contribution in [-0.4, -0.2) is 28.6 Å². The first-order valence-electron chi connectivity index (χ1n) is 13.6. The molecule has 4 aliphatic carbocycles. The average Bonchev–Trinajstić information content (AvgIpc) is 3.79. The van der Waals surface area contributed by atoms with Crippen LogP contribution < -0.4 is 9.80 Å². The van der Waals surface area contributed by atoms with Crippen LogP contribution in [0.25, 0.3) is 22.6 Å². The Kier molecular flexibility index (Phi) is 3.98. The van der Waals surface area contributed by atoms with E-state index in [9.17, 15) is 19.2 Å². The van der Waals surface area contributed by atoms with E-state index in [0.29, 0.717) is 33.9 Å². The van der Waals surface area contributed by atoms with E-state index < -0.39 is 0 Å². The zero-order chi connectivity index (χ0) is 26.2. The molecule has 0 N–H and O–H groups in total. The van der Waals surface area contributed by atoms with Gasteiger partial charge in [-0.3, -0.25) is 24.1 Å². The number of carbonyl (C=O) groups is 4. The lowest BCUT2D eigenvalue weighted by Gasteiger charge is -2.17. The number of imide groups is 2. The maximum Gasteiger partial charge on any atom is 0.238 e. The number of allylic oxidation sites excluding steroid dienone is 4. The predicted octanol–water partition coefficient (Wildman–Crippen LogP) is 4.12. The van der Waals surface area contributed by atoms with E-state index in [4.69, 9.17) is 4.42 Å². The summed E-state index contributed by atoms with van der Waals surface area (Å²) >= 11 is 0. The van der Waals surface area contributed by atoms with Gasteiger partial charge < -0.3 is 4.42 Å². The number of aromatic nitrogens is 1. The van der Waals surface area contributed by atoms with Crippen molar-refractivity contribution in [3.63, 3.8) is 0 Å². The van der Waals surface area contributed by atoms with Crippen molar-refractivity contribution in [2.75, 3.05) is 9.80 Å². The summed E-state index contributed by atoms with van der Waals surface area (Å²) in [5.41, 5.74) is 2.85. The molecule has 2 aliphatic heterocycles. The molecular weight excluding hydrogens is 494 g/mol. The molecule has 39 heavy (non-hydrogen) atoms. The Labute approximate surface area is 223 Å². The predicted molar refractivity (Wildman–Crippen MR) is 140 cm³/mol. The van der Waals surface area contributed by atoms with Gasteiger partial charge in [-0.2, -0.15) is 0 Å². The summed E-state index contributed by atoms with van der Waals surface area (Å²) in [4.78, 5) is 59.9. The summed E-state index contributed by atoms with van der Waals surface area (Å²) in [6, 6.07) is 12.3. The number of nitrogens with zero attached hydrogens (tertiary/aromatic N) is 3. The Morgan fingerprint density at radius 2 is 1.08 bits per heavy atom. The summed E-state index contributed by atoms with van der Waals surface area (Å²) < 4.78 is 6.05. The van der Waals surface area contributed by atoms with Crippen molar-refractivity contribution in [3.8, 4) is 11.5 Å². The van der Waals surface area contributed by atoms with Gasteiger partial charge >= 0.3 is 0 Å². The molecule has 8 heteroatoms. The quantitative estimate of drug-likeness (QED) is 0.383. The van der Waals surface area contributed by atoms with E-state index in [0.717, 1.165) is 12.8 Å². The standard InChI is InChI=1S/C31H23N3O5/c35-28-23-15-1-2-16(11-15)24(23)29(36)33(28)19-7-5-14(6-8-19)27-32-21-10-9-20(13-22(21)39-27)34-30(37)25-17-3-4-18(12-17)26(25)31(34)38/h1-10,13,15-18,23-26H,11-12H2/t15-,16-,17-,18-,23-,24+,25-,26+/m0/s1. The lowest BCUT2D eigenvalue weighted by Crippen LogP contribution is -2.32. The third-order valence-corrected chi connectivity index (χ3v) is 9.94. The van der Waals surface area contributed by atoms with Crippen LogP contribution in [0.3, 0.4) is 0 Å². The van der Waals surface area contributed by atoms with E-state index in [-0.39, 0.29) is 71.0 Å². The van der Waals surface area contributed by atoms with Crippen LogP contribution in [0.15, 0.2) is 71.2 Å². The van der Waals surface area contributed by atoms with Crippen LogP contribution >= 0.6 is 0 Å². The number of anilines is 2. The summed E-state index contributed by atoms with van der Waals surface area (Å²) in [6.07, 6.45) is 10.1. The highest BCUT2D eigenvalue weighted by molar-refractivity contribution is 6.24. The van der Waals surface area contributed by atoms with Gasteiger partial charge in [0, 0.05) is 11.6 Å². The third-order valence-electron chi connectivity index (χ3n) is 9.94. The van der Waals surface area contributed by atoms with Crippen LogP contribution in [0.4, 0.5) is 11.4 Å². The number of hydrogen-bond acceptors (Lipinski definition) is 6. The topological polar surface area (TPSA) is 101 Å². The normalized spacial score (nSPS) is 35.4. The molecule has 0 unspecified atom stereocenters. The molecule has 2 saturated heterocycles. The fraction of sp³-hybridized carbons (Fsp3) is 0.323. The zero-order valence-electron chi connectivity index (χ0n) is 20.8. The number of hydrogen-bond donors (Lipinski definition) is 0. The molecule has 3 aromatic rings. The molecule has 4 amide bonds. The van der Waals surface area contributed by atoms with Gasteiger partial charge in [-0.05, 0) is 72.9 Å². The first-order valence-corrected chi connectivity index (χ1v) is 13.6. The Bertz CT molecular complexity index is 1660. The molecule has 0 spiro atoms. The lowest BCUT2D eigenvalue weighted by molar-refractivity contribution is -0.124. The second-order valence-electron chi connectivity index (χ2n) is 11.7. The molecule has 8 nitrogen and oxygen atoms in total. The van der Waals surface area contributed by atoms with Gasteiger partial charge in [-0.15, -0.1) is 0 Å². The van der Waals surface area contributed by atoms with Gasteiger partial charge in [-0.1, -0.05) is 24.3 Å². The molecule has 8 atom stereocenters. The van der Waals surface area contributed by atoms with E-state index in [1.54, 1.807) is 42.5 Å². The molecule has 0 radical (unpaired) electrons. The number of benzene rings is 2. The fourth-order valence-electron chi connectivity index (χ4n) is 8.24. The molecule has 2 aromatic carbocycles. The number of oxazole rings is 1. The van der Waals surface area contributed by atoms with Gasteiger partial charge in [0.15, 0.2) is 5.58 Å². The van der Waals surface area contributed by atoms with Crippen LogP contribution in [0.1, 0.15) is 12.8 Å². The number of rotatable bonds is 3. The zero-order valence-corrected chi connectivity index (χ0v) is 20.8. The largest absolute Gasteiger partial charge is 0.436 e. The van der Waals surface area contributed by atoms with Crippen molar-refractivity contribution in [3.05, 3.63) is 66.8 Å². The molecular formula is C31H23N3O5. The Morgan fingerprint density at radius 3 is 1.59 bits per heavy atom. The first kappa shape index (κ1) is 21.6. The lowest BCUT2D eigenvalue weighted by atomic mass is 9.85. The van der Waals surface area contributed by atoms with Crippen molar-refractivity contribution in [1.82, 2.24) is 4.98 Å². The summed E-state index contributed by atoms with van der Waals surface area (Å²) in [5, 5.41) is 0. The molecule has 4 bridgehead atoms. The van der Waals surface area contributed by atoms with Crippen LogP contribution in [-0.2, 0) is 19.2 Å². The smallest absolute Gasteiger partial charge is 0.238 e. The molecule has 3 heterocycles. The highest BCUT2D eigenvalue weighted by Crippen LogP contribution is 2.54. The number of amides is 4. The van der Waals surface area contributed by atoms with Crippen molar-refractivity contribution in [2.45, 2.75) is 12.8 Å². The van der Waals surface area contributed by atoms with E-state index >= 15 is 0 Å². The Morgan fingerprint density at radius 1 is 0.615 bits per heavy atom. The third kappa shape index (κ3) is 2.66. The number of carbonyl (C=O) groups excluding carboxylic acids is 4. The highest BCUT2D eigenvalue weighted by atomic mass is 16.3. The minimum atomic E-state index is -0.257. The van der Waals surface area contributed by atoms with Crippen LogP contribution in [0.5, 0.6) is 0 Å². The number of fused-ring (bicyclic) bond motifs is 11. The molecule has 6 aliphatic rings. The summed E-state index contributed by atoms with van der Waals surface area (Å²) in [7, 11) is 0. The maximum atomic E-state index is 13.2. The molecule has 2 saturated carbocycles. The van der Waals surface area contributed by atoms with Gasteiger partial charge in [0.05, 0.1) is 35.0 Å². The monoisotopic (exact) mass is 517 g/mol. The summed E-state index contributed by atoms with van der Waals surface area (Å²) in [5.74, 6) is -0.435. The highest BCUT2D eigenvalue weighted by Gasteiger charge is 2.60. The van der Waals surface area contributed by atoms with Gasteiger partial charge in [-0.25, -0.2) is 9.88 Å². The van der Waals surface area contributed by atoms with E-state index in [1.807, 2.05) is 0 Å². The van der Waals surface area contributed by atoms with Crippen molar-refractivity contribution < 1.29 is 23.6 Å². The van der Waals surface area contributed by atoms with Crippen molar-refractivity contribution >= 4 is 46.1 Å². The van der Waals surface area contributed by atoms with Crippen molar-refractivity contribution in [1.29, 1.82) is 0 Å². The second kappa shape index (κ2) is 7.20. The van der Waals surface area contributed by atoms with Crippen LogP contribution in [0.2, 0.25) is 0 Å². The molecule has 4 fully saturated rings. The van der Waals surface area contributed by atoms with E-state index in [1.165, 1.54) is 9.80 Å². The maximum absolute atomic E-state index is 13.2. The van der Waals surface area contributed by atoms with Crippen molar-refractivity contribution in [2.24, 2.45) is 47.3 Å². The minimum absolute atomic E-state index is 0.108. The fourth-order valence-corrected chi connectivity index (χ4v) is 8.24. The second-order valence-corrected chi connectivity index (χ2v) is 11.7. The van der Waals surface area contributed by atoms with Gasteiger partial charge in [0.1, 0.15) is 5.52 Å². The molecule has 192 valence electrons. The summed E-state index contributed by atoms with van der Waals surface area (Å²) in [6.45, 7) is 0. The average molecular weight is 518 g/mol. The Balaban J connectivity index is 0.997. The first-order chi connectivity index (χ1) is 19.0. The van der Waals surface area contributed by atoms with Crippen LogP contribution in [0, 0.1) is 47.3 Å². The molecule has 1 aromatic heterocycles. The Hall–Kier alpha value is -4.33. The molecule has 9 rings (SSSR count). The SMILES string of the molecule is O=C1[C@@H]2[C@H](C(=O)N1c1ccc(-c3nc4ccc(N5C(=O)[C@@H]6[C@H](C5=O)[C@H]5C=C[C@H]6C5)cc4o3)cc1)[C@H]1C=C[C@H]2C1. The van der Waals surface area contributed by atoms with Gasteiger partial charge in [0.2, 0.25) is 29.5 Å². The van der Waals surface area contributed by atoms with Gasteiger partial charge in [0.25, 0.3) is 0 Å². The van der Waals surface area contributed by atoms with E-state index in [2.05, 4.69) is 29.3 Å².